The van der Waals surface area contributed by atoms with Gasteiger partial charge in [0, 0.05) is 0 Å². The van der Waals surface area contributed by atoms with Crippen molar-refractivity contribution in [2.24, 2.45) is 11.8 Å². The number of hydrogen-bond donors (Lipinski definition) is 0. The zero-order chi connectivity index (χ0) is 19.3. The Morgan fingerprint density at radius 1 is 0.800 bits per heavy atom. The summed E-state index contributed by atoms with van der Waals surface area (Å²) in [6, 6.07) is 0. The molecule has 0 fully saturated rings. The molecule has 0 aliphatic heterocycles. The topological polar surface area (TPSA) is 108 Å². The van der Waals surface area contributed by atoms with Gasteiger partial charge in [-0.2, -0.15) is 0 Å². The molecule has 0 rings (SSSR count). The van der Waals surface area contributed by atoms with Crippen LogP contribution in [0.2, 0.25) is 0 Å². The molecule has 0 amide bonds. The minimum atomic E-state index is -5.48. The van der Waals surface area contributed by atoms with Crippen LogP contribution in [-0.2, 0) is 22.5 Å². The van der Waals surface area contributed by atoms with Crippen LogP contribution in [0.4, 0.5) is 0 Å². The minimum absolute atomic E-state index is 0.0412. The molecule has 0 aromatic heterocycles. The molecular weight excluding hydrogens is 366 g/mol. The Hall–Kier alpha value is 0.260. The van der Waals surface area contributed by atoms with E-state index in [-0.39, 0.29) is 25.0 Å². The third-order valence-electron chi connectivity index (χ3n) is 4.22. The highest BCUT2D eigenvalue weighted by molar-refractivity contribution is 7.60. The van der Waals surface area contributed by atoms with E-state index >= 15 is 0 Å². The van der Waals surface area contributed by atoms with Crippen molar-refractivity contribution in [2.75, 3.05) is 13.2 Å². The van der Waals surface area contributed by atoms with Crippen molar-refractivity contribution in [3.05, 3.63) is 0 Å². The van der Waals surface area contributed by atoms with Crippen LogP contribution < -0.4 is 9.79 Å². The second kappa shape index (κ2) is 13.4. The molecule has 0 aromatic rings. The quantitative estimate of drug-likeness (QED) is 0.353. The predicted octanol–water partition coefficient (Wildman–Crippen LogP) is 4.41. The van der Waals surface area contributed by atoms with Gasteiger partial charge in [0.15, 0.2) is 0 Å². The summed E-state index contributed by atoms with van der Waals surface area (Å²) in [5, 5.41) is 0. The van der Waals surface area contributed by atoms with Gasteiger partial charge in [-0.3, -0.25) is 13.4 Å². The van der Waals surface area contributed by atoms with E-state index in [0.717, 1.165) is 51.4 Å². The van der Waals surface area contributed by atoms with Crippen LogP contribution in [0.5, 0.6) is 0 Å². The molecule has 0 spiro atoms. The number of phosphoric acid groups is 2. The summed E-state index contributed by atoms with van der Waals surface area (Å²) >= 11 is 0. The maximum atomic E-state index is 12.6. The highest BCUT2D eigenvalue weighted by Gasteiger charge is 2.30. The molecule has 0 radical (unpaired) electrons. The molecular formula is C16H34O7P2-2. The van der Waals surface area contributed by atoms with Gasteiger partial charge in [0.05, 0.1) is 21.0 Å². The van der Waals surface area contributed by atoms with Crippen LogP contribution in [0, 0.1) is 11.8 Å². The fourth-order valence-electron chi connectivity index (χ4n) is 2.40. The summed E-state index contributed by atoms with van der Waals surface area (Å²) in [5.74, 6) is 0.223. The SMILES string of the molecule is CCCCC(CC)COP(=O)(OCC(CC)CCCC)OP(=O)([O-])[O-]. The Balaban J connectivity index is 4.81. The van der Waals surface area contributed by atoms with Crippen LogP contribution in [0.1, 0.15) is 79.1 Å². The van der Waals surface area contributed by atoms with Gasteiger partial charge in [0.1, 0.15) is 0 Å². The zero-order valence-corrected chi connectivity index (χ0v) is 17.8. The Labute approximate surface area is 152 Å². The predicted molar refractivity (Wildman–Crippen MR) is 94.8 cm³/mol. The average Bonchev–Trinajstić information content (AvgIpc) is 2.53. The minimum Gasteiger partial charge on any atom is -0.789 e. The van der Waals surface area contributed by atoms with E-state index < -0.39 is 15.6 Å². The summed E-state index contributed by atoms with van der Waals surface area (Å²) in [6.07, 6.45) is 7.34. The van der Waals surface area contributed by atoms with Crippen LogP contribution in [0.3, 0.4) is 0 Å². The van der Waals surface area contributed by atoms with Crippen LogP contribution in [0.25, 0.3) is 0 Å². The monoisotopic (exact) mass is 400 g/mol. The third-order valence-corrected chi connectivity index (χ3v) is 6.75. The maximum Gasteiger partial charge on any atom is 0.478 e. The van der Waals surface area contributed by atoms with Gasteiger partial charge in [0.2, 0.25) is 0 Å². The van der Waals surface area contributed by atoms with E-state index in [1.54, 1.807) is 0 Å². The van der Waals surface area contributed by atoms with Crippen molar-refractivity contribution in [2.45, 2.75) is 79.1 Å². The summed E-state index contributed by atoms with van der Waals surface area (Å²) < 4.78 is 38.1. The van der Waals surface area contributed by atoms with E-state index in [0.29, 0.717) is 0 Å². The Kier molecular flexibility index (Phi) is 13.6. The number of hydrogen-bond acceptors (Lipinski definition) is 7. The summed E-state index contributed by atoms with van der Waals surface area (Å²) in [5.41, 5.74) is 0. The zero-order valence-electron chi connectivity index (χ0n) is 16.0. The normalized spacial score (nSPS) is 17.2. The average molecular weight is 400 g/mol. The molecule has 0 aliphatic rings. The standard InChI is InChI=1S/C16H36O7P2/c1-5-9-11-15(7-3)13-21-25(20,23-24(17,18)19)22-14-16(8-4)12-10-6-2/h15-16H,5-14H2,1-4H3,(H2,17,18,19)/p-2. The molecule has 0 N–H and O–H groups in total. The lowest BCUT2D eigenvalue weighted by molar-refractivity contribution is -0.334. The summed E-state index contributed by atoms with van der Waals surface area (Å²) in [4.78, 5) is 21.9. The fraction of sp³-hybridized carbons (Fsp3) is 1.00. The van der Waals surface area contributed by atoms with E-state index in [2.05, 4.69) is 18.2 Å². The van der Waals surface area contributed by atoms with Crippen LogP contribution >= 0.6 is 15.6 Å². The van der Waals surface area contributed by atoms with E-state index in [9.17, 15) is 18.9 Å². The lowest BCUT2D eigenvalue weighted by atomic mass is 10.0. The largest absolute Gasteiger partial charge is 0.789 e. The third kappa shape index (κ3) is 13.1. The van der Waals surface area contributed by atoms with Crippen molar-refractivity contribution >= 4 is 15.6 Å². The fourth-order valence-corrected chi connectivity index (χ4v) is 4.61. The van der Waals surface area contributed by atoms with Gasteiger partial charge in [-0.25, -0.2) is 4.57 Å². The smallest absolute Gasteiger partial charge is 0.478 e. The molecule has 0 bridgehead atoms. The van der Waals surface area contributed by atoms with E-state index in [1.165, 1.54) is 0 Å². The molecule has 0 aromatic carbocycles. The first-order valence-electron chi connectivity index (χ1n) is 9.32. The highest BCUT2D eigenvalue weighted by atomic mass is 31.3. The van der Waals surface area contributed by atoms with Gasteiger partial charge in [-0.1, -0.05) is 66.2 Å². The molecule has 2 atom stereocenters. The second-order valence-electron chi connectivity index (χ2n) is 6.40. The van der Waals surface area contributed by atoms with Gasteiger partial charge in [0.25, 0.3) is 0 Å². The molecule has 9 heteroatoms. The Bertz CT molecular complexity index is 401. The number of unbranched alkanes of at least 4 members (excludes halogenated alkanes) is 2. The molecule has 0 heterocycles. The lowest BCUT2D eigenvalue weighted by Crippen LogP contribution is -2.19. The molecule has 152 valence electrons. The van der Waals surface area contributed by atoms with Crippen LogP contribution in [-0.4, -0.2) is 13.2 Å². The maximum absolute atomic E-state index is 12.6. The highest BCUT2D eigenvalue weighted by Crippen LogP contribution is 2.58. The van der Waals surface area contributed by atoms with Gasteiger partial charge in [-0.15, -0.1) is 0 Å². The second-order valence-corrected chi connectivity index (χ2v) is 9.36. The number of phosphoric ester groups is 1. The summed E-state index contributed by atoms with van der Waals surface area (Å²) in [7, 11) is -9.91. The first-order valence-corrected chi connectivity index (χ1v) is 12.2. The first kappa shape index (κ1) is 25.3. The van der Waals surface area contributed by atoms with E-state index in [1.807, 2.05) is 13.8 Å². The number of rotatable bonds is 16. The molecule has 25 heavy (non-hydrogen) atoms. The van der Waals surface area contributed by atoms with Gasteiger partial charge < -0.3 is 14.4 Å². The van der Waals surface area contributed by atoms with Crippen molar-refractivity contribution in [1.29, 1.82) is 0 Å². The van der Waals surface area contributed by atoms with Crippen molar-refractivity contribution in [3.8, 4) is 0 Å². The summed E-state index contributed by atoms with van der Waals surface area (Å²) in [6.45, 7) is 8.16. The van der Waals surface area contributed by atoms with Crippen molar-refractivity contribution in [1.82, 2.24) is 0 Å². The molecule has 0 saturated carbocycles. The first-order chi connectivity index (χ1) is 11.7. The Morgan fingerprint density at radius 2 is 1.20 bits per heavy atom. The Morgan fingerprint density at radius 3 is 1.48 bits per heavy atom. The molecule has 0 aliphatic carbocycles. The molecule has 2 unspecified atom stereocenters. The van der Waals surface area contributed by atoms with Gasteiger partial charge >= 0.3 is 7.82 Å². The molecule has 7 nitrogen and oxygen atoms in total. The lowest BCUT2D eigenvalue weighted by Gasteiger charge is -2.32. The van der Waals surface area contributed by atoms with Crippen molar-refractivity contribution in [3.63, 3.8) is 0 Å². The van der Waals surface area contributed by atoms with E-state index in [4.69, 9.17) is 9.05 Å². The van der Waals surface area contributed by atoms with Crippen molar-refractivity contribution < 1.29 is 32.3 Å². The van der Waals surface area contributed by atoms with Crippen LogP contribution in [0.15, 0.2) is 0 Å². The molecule has 0 saturated heterocycles. The van der Waals surface area contributed by atoms with Gasteiger partial charge in [-0.05, 0) is 24.7 Å².